The van der Waals surface area contributed by atoms with Crippen molar-refractivity contribution in [3.63, 3.8) is 0 Å². The molecule has 0 spiro atoms. The Labute approximate surface area is 202 Å². The van der Waals surface area contributed by atoms with Gasteiger partial charge < -0.3 is 19.5 Å². The van der Waals surface area contributed by atoms with Gasteiger partial charge in [-0.3, -0.25) is 19.7 Å². The number of amides is 2. The highest BCUT2D eigenvalue weighted by Crippen LogP contribution is 2.26. The summed E-state index contributed by atoms with van der Waals surface area (Å²) in [6, 6.07) is 12.2. The van der Waals surface area contributed by atoms with Crippen molar-refractivity contribution in [3.05, 3.63) is 81.3 Å². The molecular formula is C23H18N6O5S. The molecule has 0 atom stereocenters. The van der Waals surface area contributed by atoms with Crippen molar-refractivity contribution in [2.45, 2.75) is 13.0 Å². The molecule has 5 rings (SSSR count). The number of carbonyl (C=O) groups excluding carboxylic acids is 2. The van der Waals surface area contributed by atoms with Crippen LogP contribution >= 0.6 is 11.8 Å². The zero-order valence-electron chi connectivity index (χ0n) is 18.1. The summed E-state index contributed by atoms with van der Waals surface area (Å²) in [5.74, 6) is 1.13. The van der Waals surface area contributed by atoms with Crippen molar-refractivity contribution in [2.75, 3.05) is 11.9 Å². The summed E-state index contributed by atoms with van der Waals surface area (Å²) in [4.78, 5) is 51.9. The zero-order chi connectivity index (χ0) is 24.2. The van der Waals surface area contributed by atoms with Gasteiger partial charge in [-0.15, -0.1) is 0 Å². The molecule has 1 aliphatic rings. The first kappa shape index (κ1) is 22.3. The van der Waals surface area contributed by atoms with Gasteiger partial charge in [-0.05, 0) is 42.1 Å². The fourth-order valence-corrected chi connectivity index (χ4v) is 3.98. The number of nitrogens with zero attached hydrogens (tertiary/aromatic N) is 3. The number of imide groups is 1. The number of thioether (sulfide) groups is 1. The van der Waals surface area contributed by atoms with E-state index in [0.29, 0.717) is 41.1 Å². The molecule has 1 aliphatic heterocycles. The molecule has 1 saturated heterocycles. The first-order chi connectivity index (χ1) is 17.0. The average Bonchev–Trinajstić information content (AvgIpc) is 3.47. The summed E-state index contributed by atoms with van der Waals surface area (Å²) in [7, 11) is 0. The highest BCUT2D eigenvalue weighted by Gasteiger charge is 2.25. The Morgan fingerprint density at radius 3 is 2.77 bits per heavy atom. The quantitative estimate of drug-likeness (QED) is 0.314. The summed E-state index contributed by atoms with van der Waals surface area (Å²) in [6.45, 7) is 0.516. The molecule has 176 valence electrons. The number of ether oxygens (including phenoxy) is 1. The number of fused-ring (bicyclic) bond motifs is 1. The molecule has 3 N–H and O–H groups in total. The molecule has 3 aromatic heterocycles. The maximum atomic E-state index is 12.3. The summed E-state index contributed by atoms with van der Waals surface area (Å²) in [5, 5.41) is 5.38. The number of aromatic amines is 1. The summed E-state index contributed by atoms with van der Waals surface area (Å²) < 4.78 is 11.0. The number of nitrogens with one attached hydrogen (secondary N) is 3. The average molecular weight is 491 g/mol. The van der Waals surface area contributed by atoms with E-state index in [9.17, 15) is 14.4 Å². The van der Waals surface area contributed by atoms with E-state index >= 15 is 0 Å². The number of benzene rings is 1. The third kappa shape index (κ3) is 5.38. The van der Waals surface area contributed by atoms with Crippen LogP contribution in [0.1, 0.15) is 17.3 Å². The van der Waals surface area contributed by atoms with Crippen LogP contribution in [-0.2, 0) is 17.8 Å². The van der Waals surface area contributed by atoms with E-state index in [1.54, 1.807) is 42.7 Å². The number of carbonyl (C=O) groups is 2. The Bertz CT molecular complexity index is 1500. The molecule has 2 amide bonds. The fourth-order valence-electron chi connectivity index (χ4n) is 3.31. The van der Waals surface area contributed by atoms with E-state index in [1.807, 2.05) is 6.07 Å². The van der Waals surface area contributed by atoms with Crippen LogP contribution in [0.4, 0.5) is 10.7 Å². The maximum Gasteiger partial charge on any atom is 0.290 e. The van der Waals surface area contributed by atoms with Gasteiger partial charge in [-0.1, -0.05) is 12.1 Å². The van der Waals surface area contributed by atoms with Crippen LogP contribution in [0.3, 0.4) is 0 Å². The van der Waals surface area contributed by atoms with Gasteiger partial charge in [0, 0.05) is 19.0 Å². The van der Waals surface area contributed by atoms with Crippen LogP contribution < -0.4 is 20.9 Å². The molecule has 11 nitrogen and oxygen atoms in total. The van der Waals surface area contributed by atoms with Crippen molar-refractivity contribution < 1.29 is 18.7 Å². The third-order valence-electron chi connectivity index (χ3n) is 4.89. The minimum absolute atomic E-state index is 0.148. The van der Waals surface area contributed by atoms with Crippen molar-refractivity contribution >= 4 is 45.8 Å². The minimum Gasteiger partial charge on any atom is -0.469 e. The SMILES string of the molecule is O=C1NC(=O)/C(=C\c2cc(OCc3ccco3)nc(NCCc3nc4ccccc4c(=O)[nH]3)n2)S1. The van der Waals surface area contributed by atoms with E-state index in [1.165, 1.54) is 6.08 Å². The standard InChI is InChI=1S/C23H18N6O5S/c30-20-15-5-1-2-6-16(15)26-18(27-20)7-8-24-22-25-13(10-17-21(31)29-23(32)35-17)11-19(28-22)34-12-14-4-3-9-33-14/h1-6,9-11H,7-8,12H2,(H,24,25,28)(H,26,27,30)(H,29,31,32)/b17-10+. The van der Waals surface area contributed by atoms with Gasteiger partial charge in [-0.2, -0.15) is 4.98 Å². The van der Waals surface area contributed by atoms with E-state index in [4.69, 9.17) is 9.15 Å². The second-order valence-electron chi connectivity index (χ2n) is 7.38. The van der Waals surface area contributed by atoms with Crippen LogP contribution in [0.5, 0.6) is 5.88 Å². The van der Waals surface area contributed by atoms with Gasteiger partial charge in [0.05, 0.1) is 27.8 Å². The molecule has 1 aromatic carbocycles. The van der Waals surface area contributed by atoms with E-state index in [2.05, 4.69) is 30.6 Å². The predicted octanol–water partition coefficient (Wildman–Crippen LogP) is 2.86. The molecule has 12 heteroatoms. The normalized spacial score (nSPS) is 14.5. The van der Waals surface area contributed by atoms with Gasteiger partial charge in [0.2, 0.25) is 11.8 Å². The predicted molar refractivity (Wildman–Crippen MR) is 129 cm³/mol. The number of anilines is 1. The van der Waals surface area contributed by atoms with Crippen LogP contribution in [-0.4, -0.2) is 37.6 Å². The molecule has 0 aliphatic carbocycles. The van der Waals surface area contributed by atoms with Crippen molar-refractivity contribution in [1.82, 2.24) is 25.3 Å². The fraction of sp³-hybridized carbons (Fsp3) is 0.130. The number of furan rings is 1. The van der Waals surface area contributed by atoms with E-state index in [-0.39, 0.29) is 28.9 Å². The maximum absolute atomic E-state index is 12.3. The lowest BCUT2D eigenvalue weighted by Crippen LogP contribution is -2.18. The molecule has 0 saturated carbocycles. The Morgan fingerprint density at radius 2 is 1.97 bits per heavy atom. The van der Waals surface area contributed by atoms with Crippen LogP contribution in [0.15, 0.2) is 62.8 Å². The Morgan fingerprint density at radius 1 is 1.09 bits per heavy atom. The molecule has 0 radical (unpaired) electrons. The van der Waals surface area contributed by atoms with E-state index in [0.717, 1.165) is 11.8 Å². The van der Waals surface area contributed by atoms with Gasteiger partial charge >= 0.3 is 0 Å². The highest BCUT2D eigenvalue weighted by atomic mass is 32.2. The monoisotopic (exact) mass is 490 g/mol. The van der Waals surface area contributed by atoms with Crippen molar-refractivity contribution in [2.24, 2.45) is 0 Å². The van der Waals surface area contributed by atoms with Gasteiger partial charge in [0.25, 0.3) is 16.7 Å². The third-order valence-corrected chi connectivity index (χ3v) is 5.70. The minimum atomic E-state index is -0.488. The first-order valence-corrected chi connectivity index (χ1v) is 11.4. The topological polar surface area (TPSA) is 152 Å². The van der Waals surface area contributed by atoms with Crippen LogP contribution in [0.25, 0.3) is 17.0 Å². The number of hydrogen-bond donors (Lipinski definition) is 3. The van der Waals surface area contributed by atoms with Crippen LogP contribution in [0, 0.1) is 0 Å². The Hall–Kier alpha value is -4.45. The zero-order valence-corrected chi connectivity index (χ0v) is 18.9. The molecular weight excluding hydrogens is 472 g/mol. The van der Waals surface area contributed by atoms with Crippen molar-refractivity contribution in [1.29, 1.82) is 0 Å². The number of H-pyrrole nitrogens is 1. The van der Waals surface area contributed by atoms with Crippen LogP contribution in [0.2, 0.25) is 0 Å². The second kappa shape index (κ2) is 9.81. The van der Waals surface area contributed by atoms with Gasteiger partial charge in [0.15, 0.2) is 0 Å². The molecule has 0 bridgehead atoms. The molecule has 4 heterocycles. The number of para-hydroxylation sites is 1. The molecule has 35 heavy (non-hydrogen) atoms. The first-order valence-electron chi connectivity index (χ1n) is 10.5. The number of aromatic nitrogens is 4. The lowest BCUT2D eigenvalue weighted by atomic mass is 10.2. The molecule has 0 unspecified atom stereocenters. The van der Waals surface area contributed by atoms with Gasteiger partial charge in [0.1, 0.15) is 18.2 Å². The summed E-state index contributed by atoms with van der Waals surface area (Å²) in [6.07, 6.45) is 3.43. The lowest BCUT2D eigenvalue weighted by Gasteiger charge is -2.09. The number of rotatable bonds is 8. The van der Waals surface area contributed by atoms with Crippen molar-refractivity contribution in [3.8, 4) is 5.88 Å². The van der Waals surface area contributed by atoms with E-state index < -0.39 is 11.1 Å². The number of hydrogen-bond acceptors (Lipinski definition) is 10. The second-order valence-corrected chi connectivity index (χ2v) is 8.40. The molecule has 1 fully saturated rings. The lowest BCUT2D eigenvalue weighted by molar-refractivity contribution is -0.115. The summed E-state index contributed by atoms with van der Waals surface area (Å²) in [5.41, 5.74) is 0.791. The highest BCUT2D eigenvalue weighted by molar-refractivity contribution is 8.18. The largest absolute Gasteiger partial charge is 0.469 e. The van der Waals surface area contributed by atoms with Gasteiger partial charge in [-0.25, -0.2) is 9.97 Å². The Kier molecular flexibility index (Phi) is 6.26. The smallest absolute Gasteiger partial charge is 0.290 e. The Balaban J connectivity index is 1.34. The summed E-state index contributed by atoms with van der Waals surface area (Å²) >= 11 is 0.792. The molecule has 4 aromatic rings.